The molecule has 2 heterocycles. The Morgan fingerprint density at radius 3 is 2.67 bits per heavy atom. The molecule has 0 saturated carbocycles. The fourth-order valence-electron chi connectivity index (χ4n) is 2.88. The number of hydrogen-bond acceptors (Lipinski definition) is 3. The van der Waals surface area contributed by atoms with Gasteiger partial charge in [0.05, 0.1) is 5.03 Å². The lowest BCUT2D eigenvalue weighted by molar-refractivity contribution is -0.673. The molecule has 0 radical (unpaired) electrons. The zero-order chi connectivity index (χ0) is 19.4. The number of aromatic nitrogens is 1. The molecular formula is C23H25N2S2+. The van der Waals surface area contributed by atoms with E-state index in [0.717, 1.165) is 17.9 Å². The molecular weight excluding hydrogens is 368 g/mol. The second-order valence-electron chi connectivity index (χ2n) is 6.42. The summed E-state index contributed by atoms with van der Waals surface area (Å²) in [5, 5.41) is 1.18. The summed E-state index contributed by atoms with van der Waals surface area (Å²) >= 11 is 3.60. The van der Waals surface area contributed by atoms with Gasteiger partial charge in [-0.25, -0.2) is 4.57 Å². The van der Waals surface area contributed by atoms with Crippen LogP contribution in [0.3, 0.4) is 0 Å². The average molecular weight is 394 g/mol. The second kappa shape index (κ2) is 8.68. The van der Waals surface area contributed by atoms with Crippen molar-refractivity contribution in [1.82, 2.24) is 4.90 Å². The van der Waals surface area contributed by atoms with Crippen molar-refractivity contribution in [2.45, 2.75) is 18.7 Å². The number of nitrogens with zero attached hydrogens (tertiary/aromatic N) is 2. The lowest BCUT2D eigenvalue weighted by Crippen LogP contribution is -2.31. The summed E-state index contributed by atoms with van der Waals surface area (Å²) in [6, 6.07) is 14.7. The standard InChI is InChI=1S/C23H25N2S2/c1-6-14-25-18(3)23(19(4)26-21-13-8-7-11-17(21)2)27-22(25)16-20-12-9-10-15-24(20)5/h6-13,15-16H,1,3,14H2,2,4-5H3/q+1/b23-19+. The van der Waals surface area contributed by atoms with Crippen LogP contribution in [-0.2, 0) is 7.05 Å². The van der Waals surface area contributed by atoms with Gasteiger partial charge in [0.1, 0.15) is 7.05 Å². The first-order valence-corrected chi connectivity index (χ1v) is 10.5. The van der Waals surface area contributed by atoms with Gasteiger partial charge < -0.3 is 4.90 Å². The minimum absolute atomic E-state index is 0.750. The summed E-state index contributed by atoms with van der Waals surface area (Å²) in [6.45, 7) is 13.4. The van der Waals surface area contributed by atoms with E-state index in [1.54, 1.807) is 11.8 Å². The molecule has 0 unspecified atom stereocenters. The first kappa shape index (κ1) is 19.6. The van der Waals surface area contributed by atoms with Crippen molar-refractivity contribution in [3.63, 3.8) is 0 Å². The normalized spacial score (nSPS) is 17.5. The molecule has 138 valence electrons. The minimum atomic E-state index is 0.750. The van der Waals surface area contributed by atoms with Crippen LogP contribution in [0.4, 0.5) is 0 Å². The van der Waals surface area contributed by atoms with Crippen LogP contribution < -0.4 is 4.57 Å². The van der Waals surface area contributed by atoms with E-state index in [2.05, 4.69) is 92.2 Å². The summed E-state index contributed by atoms with van der Waals surface area (Å²) in [7, 11) is 2.06. The monoisotopic (exact) mass is 393 g/mol. The summed E-state index contributed by atoms with van der Waals surface area (Å²) in [5.41, 5.74) is 3.50. The van der Waals surface area contributed by atoms with Crippen molar-refractivity contribution in [2.24, 2.45) is 7.05 Å². The lowest BCUT2D eigenvalue weighted by Gasteiger charge is -2.17. The van der Waals surface area contributed by atoms with Gasteiger partial charge in [0.15, 0.2) is 6.20 Å². The van der Waals surface area contributed by atoms with Gasteiger partial charge in [0.25, 0.3) is 0 Å². The quantitative estimate of drug-likeness (QED) is 0.355. The molecule has 1 fully saturated rings. The van der Waals surface area contributed by atoms with Crippen molar-refractivity contribution >= 4 is 29.6 Å². The molecule has 27 heavy (non-hydrogen) atoms. The van der Waals surface area contributed by atoms with Gasteiger partial charge in [-0.15, -0.1) is 6.58 Å². The van der Waals surface area contributed by atoms with Gasteiger partial charge in [0.2, 0.25) is 5.69 Å². The van der Waals surface area contributed by atoms with Gasteiger partial charge in [-0.1, -0.05) is 54.4 Å². The maximum Gasteiger partial charge on any atom is 0.207 e. The van der Waals surface area contributed by atoms with E-state index < -0.39 is 0 Å². The predicted molar refractivity (Wildman–Crippen MR) is 119 cm³/mol. The highest BCUT2D eigenvalue weighted by atomic mass is 32.2. The number of hydrogen-bond donors (Lipinski definition) is 0. The minimum Gasteiger partial charge on any atom is -0.331 e. The van der Waals surface area contributed by atoms with Gasteiger partial charge in [-0.3, -0.25) is 0 Å². The average Bonchev–Trinajstić information content (AvgIpc) is 2.95. The van der Waals surface area contributed by atoms with Crippen molar-refractivity contribution in [2.75, 3.05) is 6.54 Å². The molecule has 2 nitrogen and oxygen atoms in total. The van der Waals surface area contributed by atoms with Crippen LogP contribution >= 0.6 is 23.5 Å². The van der Waals surface area contributed by atoms with Crippen LogP contribution in [0.5, 0.6) is 0 Å². The third-order valence-electron chi connectivity index (χ3n) is 4.42. The van der Waals surface area contributed by atoms with Crippen molar-refractivity contribution in [1.29, 1.82) is 0 Å². The topological polar surface area (TPSA) is 7.12 Å². The van der Waals surface area contributed by atoms with Gasteiger partial charge in [-0.05, 0) is 31.5 Å². The van der Waals surface area contributed by atoms with Crippen LogP contribution in [0.2, 0.25) is 0 Å². The molecule has 0 N–H and O–H groups in total. The molecule has 1 aliphatic rings. The Morgan fingerprint density at radius 1 is 1.22 bits per heavy atom. The smallest absolute Gasteiger partial charge is 0.207 e. The van der Waals surface area contributed by atoms with Gasteiger partial charge >= 0.3 is 0 Å². The lowest BCUT2D eigenvalue weighted by atomic mass is 10.2. The van der Waals surface area contributed by atoms with Gasteiger partial charge in [0, 0.05) is 45.2 Å². The largest absolute Gasteiger partial charge is 0.331 e. The number of allylic oxidation sites excluding steroid dienone is 1. The fraction of sp³-hybridized carbons (Fsp3) is 0.174. The molecule has 1 aliphatic heterocycles. The third kappa shape index (κ3) is 4.40. The van der Waals surface area contributed by atoms with Gasteiger partial charge in [-0.2, -0.15) is 0 Å². The van der Waals surface area contributed by atoms with E-state index in [9.17, 15) is 0 Å². The summed E-state index contributed by atoms with van der Waals surface area (Å²) in [6.07, 6.45) is 6.21. The Hall–Kier alpha value is -2.17. The highest BCUT2D eigenvalue weighted by Crippen LogP contribution is 2.49. The molecule has 4 heteroatoms. The van der Waals surface area contributed by atoms with Crippen LogP contribution in [0, 0.1) is 6.92 Å². The molecule has 1 aromatic heterocycles. The van der Waals surface area contributed by atoms with Crippen LogP contribution in [0.1, 0.15) is 18.2 Å². The number of thioether (sulfide) groups is 2. The molecule has 0 spiro atoms. The SMILES string of the molecule is C=CCN1C(=C)/C(=C(/C)Sc2ccccc2C)S/C1=C\c1cccc[n+]1C. The molecule has 0 aliphatic carbocycles. The summed E-state index contributed by atoms with van der Waals surface area (Å²) in [4.78, 5) is 6.03. The van der Waals surface area contributed by atoms with Crippen molar-refractivity contribution in [3.05, 3.63) is 99.7 Å². The molecule has 0 bridgehead atoms. The van der Waals surface area contributed by atoms with Crippen LogP contribution in [-0.4, -0.2) is 11.4 Å². The Bertz CT molecular complexity index is 941. The Labute approximate surface area is 171 Å². The Kier molecular flexibility index (Phi) is 6.30. The predicted octanol–water partition coefficient (Wildman–Crippen LogP) is 5.89. The number of pyridine rings is 1. The summed E-state index contributed by atoms with van der Waals surface area (Å²) in [5.74, 6) is 0. The van der Waals surface area contributed by atoms with E-state index in [-0.39, 0.29) is 0 Å². The zero-order valence-electron chi connectivity index (χ0n) is 16.1. The first-order valence-electron chi connectivity index (χ1n) is 8.87. The molecule has 1 aromatic carbocycles. The van der Waals surface area contributed by atoms with E-state index in [0.29, 0.717) is 0 Å². The van der Waals surface area contributed by atoms with Crippen molar-refractivity contribution in [3.8, 4) is 0 Å². The third-order valence-corrected chi connectivity index (χ3v) is 7.03. The molecule has 0 amide bonds. The molecule has 1 saturated heterocycles. The molecule has 2 aromatic rings. The maximum atomic E-state index is 4.37. The molecule has 0 atom stereocenters. The number of rotatable bonds is 5. The van der Waals surface area contributed by atoms with Crippen LogP contribution in [0.25, 0.3) is 6.08 Å². The van der Waals surface area contributed by atoms with Crippen LogP contribution in [0.15, 0.2) is 93.3 Å². The number of aryl methyl sites for hydroxylation is 2. The Morgan fingerprint density at radius 2 is 1.96 bits per heavy atom. The zero-order valence-corrected chi connectivity index (χ0v) is 17.7. The van der Waals surface area contributed by atoms with E-state index >= 15 is 0 Å². The number of benzene rings is 1. The fourth-order valence-corrected chi connectivity index (χ4v) is 5.10. The first-order chi connectivity index (χ1) is 13.0. The van der Waals surface area contributed by atoms with Crippen molar-refractivity contribution < 1.29 is 4.57 Å². The second-order valence-corrected chi connectivity index (χ2v) is 8.71. The van der Waals surface area contributed by atoms with E-state index in [1.807, 2.05) is 23.9 Å². The molecule has 3 rings (SSSR count). The summed E-state index contributed by atoms with van der Waals surface area (Å²) < 4.78 is 2.12. The highest BCUT2D eigenvalue weighted by Gasteiger charge is 2.28. The van der Waals surface area contributed by atoms with E-state index in [4.69, 9.17) is 0 Å². The van der Waals surface area contributed by atoms with E-state index in [1.165, 1.54) is 25.3 Å². The maximum absolute atomic E-state index is 4.37. The highest BCUT2D eigenvalue weighted by molar-refractivity contribution is 8.09. The Balaban J connectivity index is 1.96.